The molecule has 0 saturated carbocycles. The molecule has 0 atom stereocenters. The lowest BCUT2D eigenvalue weighted by Crippen LogP contribution is -2.26. The van der Waals surface area contributed by atoms with Crippen LogP contribution in [0.2, 0.25) is 0 Å². The van der Waals surface area contributed by atoms with Gasteiger partial charge < -0.3 is 10.1 Å². The van der Waals surface area contributed by atoms with Gasteiger partial charge in [0.1, 0.15) is 17.3 Å². The minimum absolute atomic E-state index is 0.129. The Morgan fingerprint density at radius 1 is 1.21 bits per heavy atom. The van der Waals surface area contributed by atoms with E-state index < -0.39 is 0 Å². The zero-order valence-electron chi connectivity index (χ0n) is 16.3. The molecule has 0 aliphatic rings. The van der Waals surface area contributed by atoms with E-state index in [9.17, 15) is 9.18 Å². The molecule has 146 valence electrons. The second kappa shape index (κ2) is 8.69. The topological polar surface area (TPSA) is 56.1 Å². The number of aryl methyl sites for hydroxylation is 3. The van der Waals surface area contributed by atoms with Crippen molar-refractivity contribution in [2.75, 3.05) is 13.7 Å². The predicted octanol–water partition coefficient (Wildman–Crippen LogP) is 3.91. The summed E-state index contributed by atoms with van der Waals surface area (Å²) in [6, 6.07) is 14.3. The van der Waals surface area contributed by atoms with Crippen LogP contribution in [0.4, 0.5) is 4.39 Å². The van der Waals surface area contributed by atoms with Gasteiger partial charge >= 0.3 is 0 Å². The first kappa shape index (κ1) is 19.6. The molecular formula is C22H24FN3O2. The van der Waals surface area contributed by atoms with Crippen LogP contribution in [0.1, 0.15) is 28.2 Å². The highest BCUT2D eigenvalue weighted by atomic mass is 19.1. The number of rotatable bonds is 7. The molecular weight excluding hydrogens is 357 g/mol. The molecule has 1 aromatic heterocycles. The zero-order valence-corrected chi connectivity index (χ0v) is 16.3. The average molecular weight is 381 g/mol. The van der Waals surface area contributed by atoms with Crippen LogP contribution in [-0.4, -0.2) is 29.3 Å². The summed E-state index contributed by atoms with van der Waals surface area (Å²) in [6.07, 6.45) is 1.57. The Morgan fingerprint density at radius 3 is 2.75 bits per heavy atom. The zero-order chi connectivity index (χ0) is 20.1. The number of carbonyl (C=O) groups excluding carboxylic acids is 1. The SMILES string of the molecule is COc1ccc(F)c(-c2cccc(CCCNC(=O)c3cc(C)nn3C)c2)c1. The van der Waals surface area contributed by atoms with Gasteiger partial charge in [0.25, 0.3) is 5.91 Å². The number of amides is 1. The van der Waals surface area contributed by atoms with E-state index in [0.717, 1.165) is 29.7 Å². The first-order chi connectivity index (χ1) is 13.5. The van der Waals surface area contributed by atoms with Crippen LogP contribution >= 0.6 is 0 Å². The average Bonchev–Trinajstić information content (AvgIpc) is 3.04. The third-order valence-corrected chi connectivity index (χ3v) is 4.57. The van der Waals surface area contributed by atoms with Crippen molar-refractivity contribution < 1.29 is 13.9 Å². The van der Waals surface area contributed by atoms with E-state index in [4.69, 9.17) is 4.74 Å². The standard InChI is InChI=1S/C22H24FN3O2/c1-15-12-21(26(2)25-15)22(27)24-11-5-7-16-6-4-8-17(13-16)19-14-18(28-3)9-10-20(19)23/h4,6,8-10,12-14H,5,7,11H2,1-3H3,(H,24,27). The van der Waals surface area contributed by atoms with Crippen molar-refractivity contribution in [3.05, 3.63) is 71.3 Å². The third-order valence-electron chi connectivity index (χ3n) is 4.57. The van der Waals surface area contributed by atoms with Gasteiger partial charge in [0.05, 0.1) is 12.8 Å². The summed E-state index contributed by atoms with van der Waals surface area (Å²) in [4.78, 5) is 12.2. The molecule has 2 aromatic carbocycles. The van der Waals surface area contributed by atoms with Gasteiger partial charge in [-0.3, -0.25) is 9.48 Å². The Labute approximate surface area is 164 Å². The summed E-state index contributed by atoms with van der Waals surface area (Å²) in [6.45, 7) is 2.41. The molecule has 0 fully saturated rings. The van der Waals surface area contributed by atoms with Crippen LogP contribution in [0.5, 0.6) is 5.75 Å². The highest BCUT2D eigenvalue weighted by molar-refractivity contribution is 5.92. The summed E-state index contributed by atoms with van der Waals surface area (Å²) in [5, 5.41) is 7.10. The van der Waals surface area contributed by atoms with Gasteiger partial charge in [-0.15, -0.1) is 0 Å². The Morgan fingerprint density at radius 2 is 2.04 bits per heavy atom. The van der Waals surface area contributed by atoms with E-state index >= 15 is 0 Å². The van der Waals surface area contributed by atoms with E-state index in [1.54, 1.807) is 37.0 Å². The van der Waals surface area contributed by atoms with Gasteiger partial charge in [-0.2, -0.15) is 5.10 Å². The number of halogens is 1. The van der Waals surface area contributed by atoms with Crippen LogP contribution in [0.3, 0.4) is 0 Å². The molecule has 0 bridgehead atoms. The van der Waals surface area contributed by atoms with Gasteiger partial charge in [0.2, 0.25) is 0 Å². The molecule has 28 heavy (non-hydrogen) atoms. The number of methoxy groups -OCH3 is 1. The van der Waals surface area contributed by atoms with Crippen LogP contribution in [-0.2, 0) is 13.5 Å². The second-order valence-electron chi connectivity index (χ2n) is 6.70. The van der Waals surface area contributed by atoms with Crippen molar-refractivity contribution >= 4 is 5.91 Å². The molecule has 0 aliphatic heterocycles. The predicted molar refractivity (Wildman–Crippen MR) is 107 cm³/mol. The van der Waals surface area contributed by atoms with Crippen molar-refractivity contribution in [1.82, 2.24) is 15.1 Å². The quantitative estimate of drug-likeness (QED) is 0.632. The number of hydrogen-bond donors (Lipinski definition) is 1. The van der Waals surface area contributed by atoms with Gasteiger partial charge in [-0.1, -0.05) is 24.3 Å². The molecule has 1 amide bonds. The lowest BCUT2D eigenvalue weighted by Gasteiger charge is -2.09. The van der Waals surface area contributed by atoms with Gasteiger partial charge in [-0.05, 0) is 55.2 Å². The first-order valence-corrected chi connectivity index (χ1v) is 9.19. The molecule has 0 aliphatic carbocycles. The third kappa shape index (κ3) is 4.57. The van der Waals surface area contributed by atoms with E-state index in [0.29, 0.717) is 23.6 Å². The molecule has 3 rings (SSSR count). The molecule has 0 saturated heterocycles. The monoisotopic (exact) mass is 381 g/mol. The van der Waals surface area contributed by atoms with Gasteiger partial charge in [0.15, 0.2) is 0 Å². The minimum atomic E-state index is -0.281. The Kier molecular flexibility index (Phi) is 6.09. The maximum Gasteiger partial charge on any atom is 0.269 e. The van der Waals surface area contributed by atoms with Crippen LogP contribution in [0, 0.1) is 12.7 Å². The molecule has 6 heteroatoms. The number of nitrogens with zero attached hydrogens (tertiary/aromatic N) is 2. The van der Waals surface area contributed by atoms with Crippen molar-refractivity contribution in [1.29, 1.82) is 0 Å². The van der Waals surface area contributed by atoms with E-state index in [-0.39, 0.29) is 11.7 Å². The summed E-state index contributed by atoms with van der Waals surface area (Å²) >= 11 is 0. The summed E-state index contributed by atoms with van der Waals surface area (Å²) < 4.78 is 21.0. The van der Waals surface area contributed by atoms with Gasteiger partial charge in [-0.25, -0.2) is 4.39 Å². The molecule has 1 heterocycles. The Balaban J connectivity index is 1.59. The highest BCUT2D eigenvalue weighted by Crippen LogP contribution is 2.27. The fraction of sp³-hybridized carbons (Fsp3) is 0.273. The van der Waals surface area contributed by atoms with Crippen molar-refractivity contribution in [3.8, 4) is 16.9 Å². The van der Waals surface area contributed by atoms with E-state index in [1.807, 2.05) is 31.2 Å². The lowest BCUT2D eigenvalue weighted by molar-refractivity contribution is 0.0944. The number of hydrogen-bond acceptors (Lipinski definition) is 3. The van der Waals surface area contributed by atoms with Crippen molar-refractivity contribution in [2.24, 2.45) is 7.05 Å². The van der Waals surface area contributed by atoms with Crippen LogP contribution in [0.25, 0.3) is 11.1 Å². The number of carbonyl (C=O) groups is 1. The molecule has 0 spiro atoms. The first-order valence-electron chi connectivity index (χ1n) is 9.19. The number of ether oxygens (including phenoxy) is 1. The maximum atomic E-state index is 14.2. The Bertz CT molecular complexity index is 982. The Hall–Kier alpha value is -3.15. The summed E-state index contributed by atoms with van der Waals surface area (Å²) in [5.74, 6) is 0.210. The van der Waals surface area contributed by atoms with E-state index in [1.165, 1.54) is 6.07 Å². The summed E-state index contributed by atoms with van der Waals surface area (Å²) in [5.41, 5.74) is 3.77. The normalized spacial score (nSPS) is 10.7. The molecule has 1 N–H and O–H groups in total. The van der Waals surface area contributed by atoms with Crippen molar-refractivity contribution in [3.63, 3.8) is 0 Å². The number of benzene rings is 2. The highest BCUT2D eigenvalue weighted by Gasteiger charge is 2.11. The maximum absolute atomic E-state index is 14.2. The minimum Gasteiger partial charge on any atom is -0.497 e. The second-order valence-corrected chi connectivity index (χ2v) is 6.70. The number of aromatic nitrogens is 2. The van der Waals surface area contributed by atoms with Crippen molar-refractivity contribution in [2.45, 2.75) is 19.8 Å². The van der Waals surface area contributed by atoms with Crippen LogP contribution in [0.15, 0.2) is 48.5 Å². The molecule has 3 aromatic rings. The smallest absolute Gasteiger partial charge is 0.269 e. The summed E-state index contributed by atoms with van der Waals surface area (Å²) in [7, 11) is 3.32. The molecule has 0 radical (unpaired) electrons. The fourth-order valence-corrected chi connectivity index (χ4v) is 3.16. The number of nitrogens with one attached hydrogen (secondary N) is 1. The molecule has 0 unspecified atom stereocenters. The molecule has 5 nitrogen and oxygen atoms in total. The van der Waals surface area contributed by atoms with Gasteiger partial charge in [0, 0.05) is 19.2 Å². The largest absolute Gasteiger partial charge is 0.497 e. The van der Waals surface area contributed by atoms with E-state index in [2.05, 4.69) is 10.4 Å². The van der Waals surface area contributed by atoms with Crippen LogP contribution < -0.4 is 10.1 Å². The lowest BCUT2D eigenvalue weighted by atomic mass is 10.0. The fourth-order valence-electron chi connectivity index (χ4n) is 3.16.